The average Bonchev–Trinajstić information content (AvgIpc) is 3.13. The lowest BCUT2D eigenvalue weighted by molar-refractivity contribution is 0.931. The molecule has 4 nitrogen and oxygen atoms in total. The van der Waals surface area contributed by atoms with Gasteiger partial charge in [-0.2, -0.15) is 0 Å². The molecule has 2 aliphatic rings. The number of para-hydroxylation sites is 3. The molecular weight excluding hydrogens is 560 g/mol. The van der Waals surface area contributed by atoms with Crippen molar-refractivity contribution in [3.8, 4) is 0 Å². The Labute approximate surface area is 268 Å². The third-order valence-electron chi connectivity index (χ3n) is 9.16. The fraction of sp³-hybridized carbons (Fsp3) is 0.0476. The zero-order chi connectivity index (χ0) is 30.5. The minimum absolute atomic E-state index is 0.0213. The highest BCUT2D eigenvalue weighted by molar-refractivity contribution is 6.10. The first-order valence-electron chi connectivity index (χ1n) is 15.8. The lowest BCUT2D eigenvalue weighted by Crippen LogP contribution is -2.33. The van der Waals surface area contributed by atoms with E-state index in [1.54, 1.807) is 0 Å². The minimum Gasteiger partial charge on any atom is -0.315 e. The fourth-order valence-corrected chi connectivity index (χ4v) is 7.12. The Kier molecular flexibility index (Phi) is 6.24. The second kappa shape index (κ2) is 10.9. The van der Waals surface area contributed by atoms with E-state index in [-0.39, 0.29) is 6.04 Å². The van der Waals surface area contributed by atoms with E-state index in [1.165, 1.54) is 33.0 Å². The van der Waals surface area contributed by atoms with Crippen LogP contribution in [0, 0.1) is 0 Å². The summed E-state index contributed by atoms with van der Waals surface area (Å²) >= 11 is 0. The van der Waals surface area contributed by atoms with Gasteiger partial charge in [0, 0.05) is 28.3 Å². The van der Waals surface area contributed by atoms with E-state index in [9.17, 15) is 0 Å². The van der Waals surface area contributed by atoms with E-state index in [0.717, 1.165) is 46.0 Å². The quantitative estimate of drug-likeness (QED) is 0.193. The summed E-state index contributed by atoms with van der Waals surface area (Å²) < 4.78 is 0. The van der Waals surface area contributed by atoms with Crippen molar-refractivity contribution in [2.24, 2.45) is 0 Å². The Morgan fingerprint density at radius 2 is 1.41 bits per heavy atom. The highest BCUT2D eigenvalue weighted by Crippen LogP contribution is 2.48. The van der Waals surface area contributed by atoms with Crippen molar-refractivity contribution in [3.63, 3.8) is 0 Å². The standard InChI is InChI=1S/C42H30N4/c1-3-12-32(13-4-1)45(39-17-9-10-28-43-39)37-25-20-30-19-24-35-38(26-21-31-18-23-34(37)41(30)42(31)35)46(33-14-5-2-6-15-33)40-27-22-29-11-7-8-16-36(29)44-40/h1-18,20-28,38H,19H2. The molecule has 0 amide bonds. The molecule has 4 heteroatoms. The van der Waals surface area contributed by atoms with Crippen molar-refractivity contribution >= 4 is 62.0 Å². The summed E-state index contributed by atoms with van der Waals surface area (Å²) in [5.41, 5.74) is 9.52. The van der Waals surface area contributed by atoms with Gasteiger partial charge in [-0.05, 0) is 94.7 Å². The van der Waals surface area contributed by atoms with Gasteiger partial charge in [-0.3, -0.25) is 4.90 Å². The van der Waals surface area contributed by atoms with Gasteiger partial charge in [-0.1, -0.05) is 97.1 Å². The third-order valence-corrected chi connectivity index (χ3v) is 9.16. The average molecular weight is 591 g/mol. The van der Waals surface area contributed by atoms with Crippen LogP contribution in [0.4, 0.5) is 28.7 Å². The summed E-state index contributed by atoms with van der Waals surface area (Å²) in [6, 6.07) is 49.0. The van der Waals surface area contributed by atoms with Gasteiger partial charge in [-0.25, -0.2) is 9.97 Å². The molecule has 1 atom stereocenters. The molecule has 2 aliphatic carbocycles. The van der Waals surface area contributed by atoms with Gasteiger partial charge < -0.3 is 4.90 Å². The molecule has 9 rings (SSSR count). The van der Waals surface area contributed by atoms with Crippen LogP contribution < -0.4 is 9.80 Å². The molecule has 0 aliphatic heterocycles. The maximum atomic E-state index is 5.19. The van der Waals surface area contributed by atoms with Gasteiger partial charge in [0.1, 0.15) is 11.6 Å². The van der Waals surface area contributed by atoms with Gasteiger partial charge in [0.15, 0.2) is 0 Å². The van der Waals surface area contributed by atoms with E-state index in [1.807, 2.05) is 12.3 Å². The highest BCUT2D eigenvalue weighted by atomic mass is 15.2. The summed E-state index contributed by atoms with van der Waals surface area (Å²) in [7, 11) is 0. The second-order valence-corrected chi connectivity index (χ2v) is 11.8. The van der Waals surface area contributed by atoms with Crippen molar-refractivity contribution in [1.82, 2.24) is 9.97 Å². The SMILES string of the molecule is C1=CC(N(c2ccccc2)c2ccc3ccccc3n2)C2=CCc3ccc(N(c4ccccc4)c4ccccn4)c4ccc1c2c34. The monoisotopic (exact) mass is 590 g/mol. The number of aromatic nitrogens is 2. The molecule has 2 heterocycles. The third kappa shape index (κ3) is 4.30. The molecule has 0 saturated heterocycles. The van der Waals surface area contributed by atoms with Crippen LogP contribution in [0.25, 0.3) is 33.3 Å². The Bertz CT molecular complexity index is 2250. The van der Waals surface area contributed by atoms with Crippen LogP contribution in [0.5, 0.6) is 0 Å². The van der Waals surface area contributed by atoms with Crippen molar-refractivity contribution in [2.75, 3.05) is 9.80 Å². The number of benzene rings is 5. The van der Waals surface area contributed by atoms with Gasteiger partial charge in [0.05, 0.1) is 17.2 Å². The molecule has 218 valence electrons. The lowest BCUT2D eigenvalue weighted by atomic mass is 9.78. The zero-order valence-electron chi connectivity index (χ0n) is 25.2. The van der Waals surface area contributed by atoms with Crippen LogP contribution in [0.15, 0.2) is 158 Å². The molecule has 0 spiro atoms. The van der Waals surface area contributed by atoms with E-state index in [2.05, 4.69) is 161 Å². The molecule has 0 bridgehead atoms. The summed E-state index contributed by atoms with van der Waals surface area (Å²) in [4.78, 5) is 14.6. The summed E-state index contributed by atoms with van der Waals surface area (Å²) in [6.07, 6.45) is 9.79. The minimum atomic E-state index is -0.0213. The first kappa shape index (κ1) is 26.4. The Morgan fingerprint density at radius 3 is 2.24 bits per heavy atom. The molecule has 0 N–H and O–H groups in total. The first-order valence-corrected chi connectivity index (χ1v) is 15.8. The van der Waals surface area contributed by atoms with Gasteiger partial charge in [0.2, 0.25) is 0 Å². The number of pyridine rings is 2. The molecule has 46 heavy (non-hydrogen) atoms. The number of hydrogen-bond acceptors (Lipinski definition) is 4. The van der Waals surface area contributed by atoms with E-state index >= 15 is 0 Å². The molecule has 0 fully saturated rings. The number of anilines is 5. The van der Waals surface area contributed by atoms with Crippen molar-refractivity contribution in [1.29, 1.82) is 0 Å². The molecule has 0 saturated carbocycles. The number of allylic oxidation sites excluding steroid dienone is 1. The van der Waals surface area contributed by atoms with E-state index in [0.29, 0.717) is 0 Å². The number of nitrogens with zero attached hydrogens (tertiary/aromatic N) is 4. The zero-order valence-corrected chi connectivity index (χ0v) is 25.2. The smallest absolute Gasteiger partial charge is 0.137 e. The van der Waals surface area contributed by atoms with Gasteiger partial charge in [0.25, 0.3) is 0 Å². The molecule has 2 aromatic heterocycles. The molecule has 5 aromatic carbocycles. The second-order valence-electron chi connectivity index (χ2n) is 11.8. The number of rotatable bonds is 6. The van der Waals surface area contributed by atoms with Crippen molar-refractivity contribution in [2.45, 2.75) is 12.5 Å². The van der Waals surface area contributed by atoms with E-state index < -0.39 is 0 Å². The predicted octanol–water partition coefficient (Wildman–Crippen LogP) is 10.4. The molecule has 7 aromatic rings. The Hall–Kier alpha value is -6.00. The van der Waals surface area contributed by atoms with Crippen molar-refractivity contribution in [3.05, 3.63) is 175 Å². The van der Waals surface area contributed by atoms with Crippen molar-refractivity contribution < 1.29 is 0 Å². The number of hydrogen-bond donors (Lipinski definition) is 0. The normalized spacial score (nSPS) is 14.7. The molecule has 0 radical (unpaired) electrons. The topological polar surface area (TPSA) is 32.3 Å². The maximum absolute atomic E-state index is 5.19. The highest BCUT2D eigenvalue weighted by Gasteiger charge is 2.32. The van der Waals surface area contributed by atoms with Crippen LogP contribution in [-0.2, 0) is 6.42 Å². The Balaban J connectivity index is 1.23. The van der Waals surface area contributed by atoms with Crippen LogP contribution in [0.3, 0.4) is 0 Å². The first-order chi connectivity index (χ1) is 22.8. The molecule has 1 unspecified atom stereocenters. The summed E-state index contributed by atoms with van der Waals surface area (Å²) in [6.45, 7) is 0. The number of fused-ring (bicyclic) bond motifs is 1. The molecular formula is C42H30N4. The largest absolute Gasteiger partial charge is 0.315 e. The Morgan fingerprint density at radius 1 is 0.630 bits per heavy atom. The summed E-state index contributed by atoms with van der Waals surface area (Å²) in [5.74, 6) is 1.82. The predicted molar refractivity (Wildman–Crippen MR) is 191 cm³/mol. The van der Waals surface area contributed by atoms with Crippen LogP contribution in [-0.4, -0.2) is 16.0 Å². The summed E-state index contributed by atoms with van der Waals surface area (Å²) in [5, 5.41) is 3.68. The fourth-order valence-electron chi connectivity index (χ4n) is 7.12. The van der Waals surface area contributed by atoms with Crippen LogP contribution in [0.1, 0.15) is 16.7 Å². The van der Waals surface area contributed by atoms with Gasteiger partial charge in [-0.15, -0.1) is 0 Å². The van der Waals surface area contributed by atoms with E-state index in [4.69, 9.17) is 9.97 Å². The maximum Gasteiger partial charge on any atom is 0.137 e. The van der Waals surface area contributed by atoms with Gasteiger partial charge >= 0.3 is 0 Å². The van der Waals surface area contributed by atoms with Crippen LogP contribution >= 0.6 is 0 Å². The van der Waals surface area contributed by atoms with Crippen LogP contribution in [0.2, 0.25) is 0 Å². The lowest BCUT2D eigenvalue weighted by Gasteiger charge is -2.37.